The van der Waals surface area contributed by atoms with Crippen molar-refractivity contribution in [1.29, 1.82) is 0 Å². The first kappa shape index (κ1) is 18.5. The number of carbonyl (C=O) groups is 2. The van der Waals surface area contributed by atoms with E-state index in [-0.39, 0.29) is 29.3 Å². The highest BCUT2D eigenvalue weighted by Crippen LogP contribution is 1.96. The Labute approximate surface area is 128 Å². The number of carbonyl (C=O) groups excluding carboxylic acids is 1. The Morgan fingerprint density at radius 3 is 2.35 bits per heavy atom. The Morgan fingerprint density at radius 2 is 1.80 bits per heavy atom. The van der Waals surface area contributed by atoms with Crippen LogP contribution >= 0.6 is 0 Å². The number of aliphatic hydroxyl groups is 1. The summed E-state index contributed by atoms with van der Waals surface area (Å²) >= 11 is 0. The van der Waals surface area contributed by atoms with Gasteiger partial charge in [-0.3, -0.25) is 4.79 Å². The molecule has 3 N–H and O–H groups in total. The van der Waals surface area contributed by atoms with E-state index in [1.54, 1.807) is 0 Å². The number of hydrogen-bond donors (Lipinski definition) is 3. The van der Waals surface area contributed by atoms with Crippen molar-refractivity contribution >= 4 is 11.9 Å². The zero-order chi connectivity index (χ0) is 14.1. The van der Waals surface area contributed by atoms with Crippen LogP contribution in [-0.4, -0.2) is 34.7 Å². The number of nitrogens with zero attached hydrogens (tertiary/aromatic N) is 1. The van der Waals surface area contributed by atoms with Crippen LogP contribution < -0.4 is 26.9 Å². The number of aromatic nitrogens is 1. The van der Waals surface area contributed by atoms with Crippen LogP contribution in [0.5, 0.6) is 0 Å². The van der Waals surface area contributed by atoms with Gasteiger partial charge in [-0.2, -0.15) is 0 Å². The predicted octanol–water partition coefficient (Wildman–Crippen LogP) is -3.29. The summed E-state index contributed by atoms with van der Waals surface area (Å²) in [5, 5.41) is 19.7. The molecule has 0 saturated heterocycles. The largest absolute Gasteiger partial charge is 1.00 e. The number of rotatable bonds is 8. The van der Waals surface area contributed by atoms with Crippen LogP contribution in [0.1, 0.15) is 19.3 Å². The molecule has 0 aliphatic rings. The standard InChI is InChI=1S/C13H18N2O4.BrH/c16-10-11(13(18)19)14-12(17)6-2-5-9-15-7-3-1-4-8-15;/h1,3-4,7-8,11,16H,2,5-6,9-10H2,(H-,14,17,18,19);1H. The molecule has 7 heteroatoms. The topological polar surface area (TPSA) is 90.5 Å². The second-order valence-electron chi connectivity index (χ2n) is 4.21. The Bertz CT molecular complexity index is 414. The van der Waals surface area contributed by atoms with Gasteiger partial charge < -0.3 is 32.5 Å². The maximum atomic E-state index is 11.4. The molecule has 1 unspecified atom stereocenters. The average Bonchev–Trinajstić information content (AvgIpc) is 2.42. The van der Waals surface area contributed by atoms with Crippen LogP contribution in [0.2, 0.25) is 0 Å². The molecule has 112 valence electrons. The van der Waals surface area contributed by atoms with E-state index in [1.165, 1.54) is 0 Å². The fourth-order valence-corrected chi connectivity index (χ4v) is 1.62. The molecule has 6 nitrogen and oxygen atoms in total. The molecule has 0 aromatic carbocycles. The third-order valence-corrected chi connectivity index (χ3v) is 2.66. The highest BCUT2D eigenvalue weighted by molar-refractivity contribution is 5.83. The van der Waals surface area contributed by atoms with Gasteiger partial charge in [-0.05, 0) is 6.42 Å². The fraction of sp³-hybridized carbons (Fsp3) is 0.462. The number of aliphatic carboxylic acids is 1. The summed E-state index contributed by atoms with van der Waals surface area (Å²) < 4.78 is 2.02. The van der Waals surface area contributed by atoms with E-state index in [2.05, 4.69) is 5.32 Å². The lowest BCUT2D eigenvalue weighted by atomic mass is 10.2. The third kappa shape index (κ3) is 7.20. The van der Waals surface area contributed by atoms with Crippen molar-refractivity contribution in [3.05, 3.63) is 30.6 Å². The van der Waals surface area contributed by atoms with Crippen LogP contribution in [0.15, 0.2) is 30.6 Å². The van der Waals surface area contributed by atoms with Gasteiger partial charge in [-0.1, -0.05) is 6.07 Å². The minimum Gasteiger partial charge on any atom is -1.00 e. The van der Waals surface area contributed by atoms with Gasteiger partial charge in [0.2, 0.25) is 5.91 Å². The summed E-state index contributed by atoms with van der Waals surface area (Å²) in [4.78, 5) is 22.0. The summed E-state index contributed by atoms with van der Waals surface area (Å²) in [6.07, 6.45) is 5.67. The molecule has 1 rings (SSSR count). The SMILES string of the molecule is O=C(CCCC[n+]1ccccc1)NC(CO)C(=O)O.[Br-]. The first-order chi connectivity index (χ1) is 9.13. The molecule has 0 aliphatic heterocycles. The number of aryl methyl sites for hydroxylation is 1. The van der Waals surface area contributed by atoms with Gasteiger partial charge in [0.1, 0.15) is 12.6 Å². The number of amides is 1. The van der Waals surface area contributed by atoms with Gasteiger partial charge in [-0.15, -0.1) is 0 Å². The second-order valence-corrected chi connectivity index (χ2v) is 4.21. The lowest BCUT2D eigenvalue weighted by Gasteiger charge is -2.10. The van der Waals surface area contributed by atoms with E-state index >= 15 is 0 Å². The van der Waals surface area contributed by atoms with Crippen LogP contribution in [0.25, 0.3) is 0 Å². The molecule has 1 aromatic rings. The van der Waals surface area contributed by atoms with E-state index in [0.717, 1.165) is 13.0 Å². The van der Waals surface area contributed by atoms with Crippen molar-refractivity contribution in [3.8, 4) is 0 Å². The minimum atomic E-state index is -1.23. The summed E-state index contributed by atoms with van der Waals surface area (Å²) in [5.41, 5.74) is 0. The van der Waals surface area contributed by atoms with Crippen molar-refractivity contribution in [3.63, 3.8) is 0 Å². The number of halogens is 1. The van der Waals surface area contributed by atoms with Crippen molar-refractivity contribution in [2.24, 2.45) is 0 Å². The van der Waals surface area contributed by atoms with Crippen molar-refractivity contribution in [2.75, 3.05) is 6.61 Å². The Kier molecular flexibility index (Phi) is 9.57. The summed E-state index contributed by atoms with van der Waals surface area (Å²) in [6, 6.07) is 4.60. The monoisotopic (exact) mass is 346 g/mol. The first-order valence-electron chi connectivity index (χ1n) is 6.20. The number of carboxylic acids is 1. The van der Waals surface area contributed by atoms with Crippen LogP contribution in [-0.2, 0) is 16.1 Å². The van der Waals surface area contributed by atoms with E-state index in [0.29, 0.717) is 6.42 Å². The number of aliphatic hydroxyl groups excluding tert-OH is 1. The zero-order valence-electron chi connectivity index (χ0n) is 11.0. The molecule has 1 aromatic heterocycles. The molecular weight excluding hydrogens is 328 g/mol. The fourth-order valence-electron chi connectivity index (χ4n) is 1.62. The number of nitrogens with one attached hydrogen (secondary N) is 1. The highest BCUT2D eigenvalue weighted by Gasteiger charge is 2.18. The molecule has 1 amide bonds. The van der Waals surface area contributed by atoms with Crippen LogP contribution in [0, 0.1) is 0 Å². The lowest BCUT2D eigenvalue weighted by molar-refractivity contribution is -0.697. The molecule has 0 fully saturated rings. The molecule has 0 radical (unpaired) electrons. The zero-order valence-corrected chi connectivity index (χ0v) is 12.6. The maximum Gasteiger partial charge on any atom is 0.328 e. The molecule has 1 atom stereocenters. The van der Waals surface area contributed by atoms with E-state index in [4.69, 9.17) is 10.2 Å². The van der Waals surface area contributed by atoms with E-state index in [1.807, 2.05) is 35.2 Å². The summed E-state index contributed by atoms with van der Waals surface area (Å²) in [5.74, 6) is -1.57. The van der Waals surface area contributed by atoms with Gasteiger partial charge >= 0.3 is 5.97 Å². The quantitative estimate of drug-likeness (QED) is 0.340. The lowest BCUT2D eigenvalue weighted by Crippen LogP contribution is -3.00. The first-order valence-corrected chi connectivity index (χ1v) is 6.20. The Morgan fingerprint density at radius 1 is 1.15 bits per heavy atom. The molecule has 0 spiro atoms. The summed E-state index contributed by atoms with van der Waals surface area (Å²) in [7, 11) is 0. The van der Waals surface area contributed by atoms with E-state index in [9.17, 15) is 9.59 Å². The molecule has 0 bridgehead atoms. The van der Waals surface area contributed by atoms with Gasteiger partial charge in [0.15, 0.2) is 12.4 Å². The maximum absolute atomic E-state index is 11.4. The van der Waals surface area contributed by atoms with Gasteiger partial charge in [0.25, 0.3) is 0 Å². The van der Waals surface area contributed by atoms with Crippen molar-refractivity contribution in [1.82, 2.24) is 5.32 Å². The van der Waals surface area contributed by atoms with Gasteiger partial charge in [-0.25, -0.2) is 9.36 Å². The second kappa shape index (κ2) is 10.3. The van der Waals surface area contributed by atoms with E-state index < -0.39 is 18.6 Å². The smallest absolute Gasteiger partial charge is 0.328 e. The molecule has 0 aliphatic carbocycles. The van der Waals surface area contributed by atoms with Crippen LogP contribution in [0.3, 0.4) is 0 Å². The average molecular weight is 347 g/mol. The normalized spacial score (nSPS) is 11.2. The summed E-state index contributed by atoms with van der Waals surface area (Å²) in [6.45, 7) is 0.220. The molecule has 20 heavy (non-hydrogen) atoms. The minimum absolute atomic E-state index is 0. The predicted molar refractivity (Wildman–Crippen MR) is 67.1 cm³/mol. The Balaban J connectivity index is 0.00000361. The van der Waals surface area contributed by atoms with Gasteiger partial charge in [0.05, 0.1) is 6.61 Å². The molecule has 0 saturated carbocycles. The number of carboxylic acid groups (broad SMARTS) is 1. The number of hydrogen-bond acceptors (Lipinski definition) is 3. The highest BCUT2D eigenvalue weighted by atomic mass is 79.9. The van der Waals surface area contributed by atoms with Crippen LogP contribution in [0.4, 0.5) is 0 Å². The third-order valence-electron chi connectivity index (χ3n) is 2.66. The van der Waals surface area contributed by atoms with Crippen molar-refractivity contribution < 1.29 is 41.4 Å². The Hall–Kier alpha value is -1.47. The number of unbranched alkanes of at least 4 members (excludes halogenated alkanes) is 1. The number of pyridine rings is 1. The van der Waals surface area contributed by atoms with Crippen molar-refractivity contribution in [2.45, 2.75) is 31.8 Å². The van der Waals surface area contributed by atoms with Gasteiger partial charge in [0, 0.05) is 25.0 Å². The molecular formula is C13H19BrN2O4. The molecule has 1 heterocycles.